The maximum Gasteiger partial charge on any atom is 0.182 e. The van der Waals surface area contributed by atoms with Gasteiger partial charge in [0.2, 0.25) is 0 Å². The van der Waals surface area contributed by atoms with E-state index >= 15 is 0 Å². The molecule has 1 aromatic carbocycles. The number of tetrazole rings is 1. The summed E-state index contributed by atoms with van der Waals surface area (Å²) in [6.45, 7) is 6.07. The van der Waals surface area contributed by atoms with E-state index < -0.39 is 0 Å². The molecule has 1 atom stereocenters. The van der Waals surface area contributed by atoms with Crippen LogP contribution in [0.15, 0.2) is 24.3 Å². The molecule has 5 heteroatoms. The predicted molar refractivity (Wildman–Crippen MR) is 66.2 cm³/mol. The van der Waals surface area contributed by atoms with Crippen LogP contribution in [-0.4, -0.2) is 20.2 Å². The third-order valence-electron chi connectivity index (χ3n) is 2.68. The summed E-state index contributed by atoms with van der Waals surface area (Å²) in [5, 5.41) is 11.7. The molecule has 1 aromatic heterocycles. The number of nitrogens with zero attached hydrogens (tertiary/aromatic N) is 4. The van der Waals surface area contributed by atoms with Crippen molar-refractivity contribution in [2.75, 3.05) is 0 Å². The molecule has 90 valence electrons. The molecule has 2 rings (SSSR count). The van der Waals surface area contributed by atoms with Crippen LogP contribution >= 0.6 is 0 Å². The molecule has 0 saturated carbocycles. The second-order valence-corrected chi connectivity index (χ2v) is 4.45. The summed E-state index contributed by atoms with van der Waals surface area (Å²) in [4.78, 5) is 0. The molecule has 0 bridgehead atoms. The second-order valence-electron chi connectivity index (χ2n) is 4.45. The first-order valence-corrected chi connectivity index (χ1v) is 5.73. The third-order valence-corrected chi connectivity index (χ3v) is 2.68. The van der Waals surface area contributed by atoms with Gasteiger partial charge in [0.25, 0.3) is 0 Å². The number of hydrogen-bond acceptors (Lipinski definition) is 4. The lowest BCUT2D eigenvalue weighted by molar-refractivity contribution is 0.519. The average Bonchev–Trinajstić information content (AvgIpc) is 2.78. The molecule has 0 saturated heterocycles. The zero-order chi connectivity index (χ0) is 12.4. The van der Waals surface area contributed by atoms with Gasteiger partial charge in [0.05, 0.1) is 6.04 Å². The Morgan fingerprint density at radius 1 is 1.12 bits per heavy atom. The molecule has 1 unspecified atom stereocenters. The summed E-state index contributed by atoms with van der Waals surface area (Å²) in [7, 11) is 0. The van der Waals surface area contributed by atoms with Crippen molar-refractivity contribution < 1.29 is 0 Å². The molecular formula is C12H17N5. The van der Waals surface area contributed by atoms with E-state index in [4.69, 9.17) is 5.73 Å². The minimum Gasteiger partial charge on any atom is -0.324 e. The van der Waals surface area contributed by atoms with Crippen molar-refractivity contribution in [1.29, 1.82) is 0 Å². The average molecular weight is 231 g/mol. The summed E-state index contributed by atoms with van der Waals surface area (Å²) in [6.07, 6.45) is 0. The van der Waals surface area contributed by atoms with Crippen molar-refractivity contribution in [2.45, 2.75) is 32.9 Å². The molecular weight excluding hydrogens is 214 g/mol. The standard InChI is InChI=1S/C12H17N5/c1-8(2)17-12(14-15-16-17)11-6-4-10(5-7-11)9(3)13/h4-9H,13H2,1-3H3. The van der Waals surface area contributed by atoms with Crippen LogP contribution in [0, 0.1) is 0 Å². The first-order chi connectivity index (χ1) is 8.09. The van der Waals surface area contributed by atoms with Crippen molar-refractivity contribution in [3.63, 3.8) is 0 Å². The zero-order valence-electron chi connectivity index (χ0n) is 10.3. The molecule has 17 heavy (non-hydrogen) atoms. The Hall–Kier alpha value is -1.75. The Morgan fingerprint density at radius 3 is 2.29 bits per heavy atom. The topological polar surface area (TPSA) is 69.6 Å². The van der Waals surface area contributed by atoms with Gasteiger partial charge < -0.3 is 5.73 Å². The SMILES string of the molecule is CC(N)c1ccc(-c2nnnn2C(C)C)cc1. The number of rotatable bonds is 3. The van der Waals surface area contributed by atoms with E-state index in [-0.39, 0.29) is 12.1 Å². The molecule has 0 aliphatic heterocycles. The van der Waals surface area contributed by atoms with Gasteiger partial charge in [-0.3, -0.25) is 0 Å². The molecule has 0 aliphatic rings. The van der Waals surface area contributed by atoms with Gasteiger partial charge in [0, 0.05) is 11.6 Å². The van der Waals surface area contributed by atoms with Crippen LogP contribution in [0.3, 0.4) is 0 Å². The van der Waals surface area contributed by atoms with Crippen LogP contribution in [0.1, 0.15) is 38.4 Å². The van der Waals surface area contributed by atoms with Crippen LogP contribution in [0.5, 0.6) is 0 Å². The molecule has 5 nitrogen and oxygen atoms in total. The quantitative estimate of drug-likeness (QED) is 0.876. The molecule has 0 aliphatic carbocycles. The molecule has 0 spiro atoms. The van der Waals surface area contributed by atoms with Crippen LogP contribution < -0.4 is 5.73 Å². The monoisotopic (exact) mass is 231 g/mol. The minimum atomic E-state index is 0.0464. The molecule has 0 radical (unpaired) electrons. The Labute approximate surface area is 101 Å². The Kier molecular flexibility index (Phi) is 3.19. The highest BCUT2D eigenvalue weighted by atomic mass is 15.5. The van der Waals surface area contributed by atoms with E-state index in [1.165, 1.54) is 0 Å². The van der Waals surface area contributed by atoms with Crippen molar-refractivity contribution in [1.82, 2.24) is 20.2 Å². The highest BCUT2D eigenvalue weighted by Gasteiger charge is 2.11. The summed E-state index contributed by atoms with van der Waals surface area (Å²) in [6, 6.07) is 8.32. The van der Waals surface area contributed by atoms with E-state index in [1.54, 1.807) is 4.68 Å². The van der Waals surface area contributed by atoms with Crippen molar-refractivity contribution in [2.24, 2.45) is 5.73 Å². The Bertz CT molecular complexity index is 484. The molecule has 0 fully saturated rings. The zero-order valence-corrected chi connectivity index (χ0v) is 10.3. The van der Waals surface area contributed by atoms with E-state index in [0.29, 0.717) is 0 Å². The van der Waals surface area contributed by atoms with Gasteiger partial charge in [-0.05, 0) is 36.8 Å². The first kappa shape index (κ1) is 11.7. The summed E-state index contributed by atoms with van der Waals surface area (Å²) < 4.78 is 1.81. The van der Waals surface area contributed by atoms with Gasteiger partial charge in [-0.1, -0.05) is 24.3 Å². The van der Waals surface area contributed by atoms with Crippen LogP contribution in [0.4, 0.5) is 0 Å². The normalized spacial score (nSPS) is 13.0. The maximum absolute atomic E-state index is 5.82. The first-order valence-electron chi connectivity index (χ1n) is 5.73. The van der Waals surface area contributed by atoms with Crippen LogP contribution in [-0.2, 0) is 0 Å². The minimum absolute atomic E-state index is 0.0464. The van der Waals surface area contributed by atoms with E-state index in [9.17, 15) is 0 Å². The van der Waals surface area contributed by atoms with Crippen molar-refractivity contribution in [3.05, 3.63) is 29.8 Å². The largest absolute Gasteiger partial charge is 0.324 e. The summed E-state index contributed by atoms with van der Waals surface area (Å²) in [5.74, 6) is 0.788. The van der Waals surface area contributed by atoms with E-state index in [2.05, 4.69) is 29.4 Å². The lowest BCUT2D eigenvalue weighted by atomic mass is 10.1. The highest BCUT2D eigenvalue weighted by molar-refractivity contribution is 5.55. The molecule has 1 heterocycles. The number of aromatic nitrogens is 4. The fraction of sp³-hybridized carbons (Fsp3) is 0.417. The smallest absolute Gasteiger partial charge is 0.182 e. The summed E-state index contributed by atoms with van der Waals surface area (Å²) >= 11 is 0. The number of hydrogen-bond donors (Lipinski definition) is 1. The van der Waals surface area contributed by atoms with Crippen molar-refractivity contribution in [3.8, 4) is 11.4 Å². The highest BCUT2D eigenvalue weighted by Crippen LogP contribution is 2.20. The van der Waals surface area contributed by atoms with Gasteiger partial charge in [0.1, 0.15) is 0 Å². The van der Waals surface area contributed by atoms with E-state index in [0.717, 1.165) is 17.0 Å². The third kappa shape index (κ3) is 2.34. The fourth-order valence-corrected chi connectivity index (χ4v) is 1.67. The van der Waals surface area contributed by atoms with Gasteiger partial charge in [-0.2, -0.15) is 0 Å². The van der Waals surface area contributed by atoms with Gasteiger partial charge in [-0.15, -0.1) is 5.10 Å². The molecule has 2 N–H and O–H groups in total. The Morgan fingerprint density at radius 2 is 1.76 bits per heavy atom. The van der Waals surface area contributed by atoms with Gasteiger partial charge in [-0.25, -0.2) is 4.68 Å². The Balaban J connectivity index is 2.37. The van der Waals surface area contributed by atoms with Gasteiger partial charge >= 0.3 is 0 Å². The van der Waals surface area contributed by atoms with Crippen LogP contribution in [0.2, 0.25) is 0 Å². The number of nitrogens with two attached hydrogens (primary N) is 1. The fourth-order valence-electron chi connectivity index (χ4n) is 1.67. The lowest BCUT2D eigenvalue weighted by Crippen LogP contribution is -2.06. The van der Waals surface area contributed by atoms with Crippen molar-refractivity contribution >= 4 is 0 Å². The second kappa shape index (κ2) is 4.63. The molecule has 0 amide bonds. The predicted octanol–water partition coefficient (Wildman–Crippen LogP) is 1.94. The number of benzene rings is 1. The maximum atomic E-state index is 5.82. The van der Waals surface area contributed by atoms with E-state index in [1.807, 2.05) is 31.2 Å². The lowest BCUT2D eigenvalue weighted by Gasteiger charge is -2.09. The molecule has 2 aromatic rings. The van der Waals surface area contributed by atoms with Gasteiger partial charge in [0.15, 0.2) is 5.82 Å². The van der Waals surface area contributed by atoms with Crippen LogP contribution in [0.25, 0.3) is 11.4 Å². The summed E-state index contributed by atoms with van der Waals surface area (Å²) in [5.41, 5.74) is 7.93.